The van der Waals surface area contributed by atoms with Crippen LogP contribution in [0.4, 0.5) is 0 Å². The first kappa shape index (κ1) is 20.0. The quantitative estimate of drug-likeness (QED) is 0.514. The van der Waals surface area contributed by atoms with E-state index in [0.717, 1.165) is 14.6 Å². The predicted molar refractivity (Wildman–Crippen MR) is 111 cm³/mol. The number of aromatic nitrogens is 1. The number of fused-ring (bicyclic) bond motifs is 1. The molecule has 0 radical (unpaired) electrons. The lowest BCUT2D eigenvalue weighted by Crippen LogP contribution is -2.13. The van der Waals surface area contributed by atoms with Crippen molar-refractivity contribution in [3.05, 3.63) is 41.5 Å². The molecule has 1 aromatic heterocycles. The molecule has 0 unspecified atom stereocenters. The molecule has 2 aromatic carbocycles. The van der Waals surface area contributed by atoms with Crippen molar-refractivity contribution in [1.29, 1.82) is 10.5 Å². The fraction of sp³-hybridized carbons (Fsp3) is 0.286. The Balaban J connectivity index is 2.15. The zero-order valence-corrected chi connectivity index (χ0v) is 17.6. The van der Waals surface area contributed by atoms with Crippen LogP contribution in [0.5, 0.6) is 11.5 Å². The summed E-state index contributed by atoms with van der Waals surface area (Å²) in [5, 5.41) is 19.6. The highest BCUT2D eigenvalue weighted by molar-refractivity contribution is 8.01. The molecule has 0 saturated carbocycles. The van der Waals surface area contributed by atoms with Gasteiger partial charge in [0.05, 0.1) is 32.9 Å². The fourth-order valence-electron chi connectivity index (χ4n) is 2.59. The summed E-state index contributed by atoms with van der Waals surface area (Å²) in [7, 11) is 0. The fourth-order valence-corrected chi connectivity index (χ4v) is 4.75. The number of para-hydroxylation sites is 1. The van der Waals surface area contributed by atoms with E-state index in [2.05, 4.69) is 17.1 Å². The molecular formula is C21H19N3O2S2. The number of nitrogens with zero attached hydrogens (tertiary/aromatic N) is 3. The van der Waals surface area contributed by atoms with Gasteiger partial charge in [0.1, 0.15) is 17.7 Å². The van der Waals surface area contributed by atoms with Gasteiger partial charge >= 0.3 is 0 Å². The van der Waals surface area contributed by atoms with E-state index in [1.54, 1.807) is 6.07 Å². The van der Waals surface area contributed by atoms with Gasteiger partial charge in [-0.2, -0.15) is 10.5 Å². The van der Waals surface area contributed by atoms with E-state index in [9.17, 15) is 10.5 Å². The first-order chi connectivity index (χ1) is 13.4. The smallest absolute Gasteiger partial charge is 0.180 e. The normalized spacial score (nSPS) is 10.9. The van der Waals surface area contributed by atoms with Crippen LogP contribution >= 0.6 is 23.1 Å². The first-order valence-electron chi connectivity index (χ1n) is 8.80. The molecule has 28 heavy (non-hydrogen) atoms. The van der Waals surface area contributed by atoms with Gasteiger partial charge in [-0.3, -0.25) is 0 Å². The summed E-state index contributed by atoms with van der Waals surface area (Å²) in [5.41, 5.74) is 1.56. The van der Waals surface area contributed by atoms with Gasteiger partial charge in [-0.25, -0.2) is 4.98 Å². The van der Waals surface area contributed by atoms with Gasteiger partial charge < -0.3 is 9.47 Å². The van der Waals surface area contributed by atoms with Gasteiger partial charge in [0.25, 0.3) is 0 Å². The van der Waals surface area contributed by atoms with Gasteiger partial charge in [0.15, 0.2) is 15.8 Å². The minimum atomic E-state index is -0.144. The average Bonchev–Trinajstić information content (AvgIpc) is 3.05. The summed E-state index contributed by atoms with van der Waals surface area (Å²) < 4.78 is 13.6. The Kier molecular flexibility index (Phi) is 6.08. The second kappa shape index (κ2) is 8.52. The van der Waals surface area contributed by atoms with Crippen molar-refractivity contribution in [3.8, 4) is 23.6 Å². The van der Waals surface area contributed by atoms with Crippen molar-refractivity contribution in [3.63, 3.8) is 0 Å². The van der Waals surface area contributed by atoms with E-state index in [0.29, 0.717) is 27.5 Å². The molecule has 1 heterocycles. The summed E-state index contributed by atoms with van der Waals surface area (Å²) in [6, 6.07) is 13.9. The molecule has 0 saturated heterocycles. The molecule has 3 rings (SSSR count). The third kappa shape index (κ3) is 4.22. The van der Waals surface area contributed by atoms with Crippen LogP contribution in [0, 0.1) is 22.7 Å². The van der Waals surface area contributed by atoms with Gasteiger partial charge in [-0.1, -0.05) is 23.9 Å². The molecular weight excluding hydrogens is 390 g/mol. The number of rotatable bonds is 6. The first-order valence-corrected chi connectivity index (χ1v) is 10.4. The number of ether oxygens (including phenoxy) is 2. The zero-order chi connectivity index (χ0) is 20.3. The van der Waals surface area contributed by atoms with E-state index < -0.39 is 0 Å². The lowest BCUT2D eigenvalue weighted by atomic mass is 10.1. The van der Waals surface area contributed by atoms with E-state index in [4.69, 9.17) is 9.47 Å². The van der Waals surface area contributed by atoms with Crippen LogP contribution in [0.1, 0.15) is 38.8 Å². The second-order valence-corrected chi connectivity index (χ2v) is 8.85. The Hall–Kier alpha value is -2.74. The summed E-state index contributed by atoms with van der Waals surface area (Å²) in [4.78, 5) is 5.15. The van der Waals surface area contributed by atoms with Crippen molar-refractivity contribution in [2.45, 2.75) is 49.1 Å². The van der Waals surface area contributed by atoms with Gasteiger partial charge in [0, 0.05) is 6.07 Å². The van der Waals surface area contributed by atoms with Crippen molar-refractivity contribution < 1.29 is 9.47 Å². The Morgan fingerprint density at radius 1 is 1.04 bits per heavy atom. The number of nitriles is 2. The van der Waals surface area contributed by atoms with Crippen LogP contribution in [0.15, 0.2) is 39.6 Å². The minimum Gasteiger partial charge on any atom is -0.487 e. The zero-order valence-electron chi connectivity index (χ0n) is 16.0. The number of benzene rings is 2. The highest BCUT2D eigenvalue weighted by Gasteiger charge is 2.24. The maximum Gasteiger partial charge on any atom is 0.180 e. The summed E-state index contributed by atoms with van der Waals surface area (Å²) in [6.45, 7) is 7.56. The van der Waals surface area contributed by atoms with Crippen molar-refractivity contribution in [1.82, 2.24) is 4.98 Å². The summed E-state index contributed by atoms with van der Waals surface area (Å²) in [5.74, 6) is 0.777. The van der Waals surface area contributed by atoms with E-state index in [1.165, 1.54) is 23.1 Å². The summed E-state index contributed by atoms with van der Waals surface area (Å²) in [6.07, 6.45) is -0.259. The second-order valence-electron chi connectivity index (χ2n) is 6.56. The molecule has 0 amide bonds. The third-order valence-electron chi connectivity index (χ3n) is 3.61. The highest BCUT2D eigenvalue weighted by Crippen LogP contribution is 2.44. The molecule has 0 fully saturated rings. The van der Waals surface area contributed by atoms with E-state index in [-0.39, 0.29) is 12.2 Å². The van der Waals surface area contributed by atoms with Crippen LogP contribution in [-0.2, 0) is 0 Å². The Bertz CT molecular complexity index is 1060. The molecule has 0 aliphatic carbocycles. The SMILES string of the molecule is CC(C)Oc1cc(C#N)c(Sc2nc3ccccc3s2)c(C#N)c1OC(C)C. The summed E-state index contributed by atoms with van der Waals surface area (Å²) >= 11 is 2.84. The van der Waals surface area contributed by atoms with Crippen LogP contribution < -0.4 is 9.47 Å². The van der Waals surface area contributed by atoms with Crippen molar-refractivity contribution >= 4 is 33.3 Å². The third-order valence-corrected chi connectivity index (χ3v) is 5.84. The van der Waals surface area contributed by atoms with Gasteiger partial charge in [0.2, 0.25) is 0 Å². The predicted octanol–water partition coefficient (Wildman–Crippen LogP) is 5.77. The monoisotopic (exact) mass is 409 g/mol. The number of thiazole rings is 1. The maximum atomic E-state index is 9.88. The lowest BCUT2D eigenvalue weighted by Gasteiger charge is -2.20. The Morgan fingerprint density at radius 2 is 1.75 bits per heavy atom. The van der Waals surface area contributed by atoms with Crippen molar-refractivity contribution in [2.75, 3.05) is 0 Å². The van der Waals surface area contributed by atoms with Crippen LogP contribution in [-0.4, -0.2) is 17.2 Å². The minimum absolute atomic E-state index is 0.115. The number of hydrogen-bond donors (Lipinski definition) is 0. The Morgan fingerprint density at radius 3 is 2.36 bits per heavy atom. The molecule has 142 valence electrons. The molecule has 0 bridgehead atoms. The molecule has 7 heteroatoms. The van der Waals surface area contributed by atoms with Crippen molar-refractivity contribution in [2.24, 2.45) is 0 Å². The highest BCUT2D eigenvalue weighted by atomic mass is 32.2. The van der Waals surface area contributed by atoms with E-state index >= 15 is 0 Å². The standard InChI is InChI=1S/C21H19N3O2S2/c1-12(2)25-17-9-14(10-22)20(15(11-23)19(17)26-13(3)4)28-21-24-16-7-5-6-8-18(16)27-21/h5-9,12-13H,1-4H3. The van der Waals surface area contributed by atoms with Crippen LogP contribution in [0.25, 0.3) is 10.2 Å². The molecule has 5 nitrogen and oxygen atoms in total. The largest absolute Gasteiger partial charge is 0.487 e. The van der Waals surface area contributed by atoms with Gasteiger partial charge in [-0.15, -0.1) is 11.3 Å². The van der Waals surface area contributed by atoms with E-state index in [1.807, 2.05) is 52.0 Å². The van der Waals surface area contributed by atoms with Crippen LogP contribution in [0.2, 0.25) is 0 Å². The Labute approximate surface area is 172 Å². The lowest BCUT2D eigenvalue weighted by molar-refractivity contribution is 0.197. The molecule has 3 aromatic rings. The number of hydrogen-bond acceptors (Lipinski definition) is 7. The van der Waals surface area contributed by atoms with Gasteiger partial charge in [-0.05, 0) is 39.8 Å². The maximum absolute atomic E-state index is 9.88. The molecule has 0 spiro atoms. The molecule has 0 aliphatic heterocycles. The molecule has 0 aliphatic rings. The molecule has 0 N–H and O–H groups in total. The topological polar surface area (TPSA) is 78.9 Å². The molecule has 0 atom stereocenters. The van der Waals surface area contributed by atoms with Crippen LogP contribution in [0.3, 0.4) is 0 Å². The average molecular weight is 410 g/mol.